The molecule has 10 heteroatoms. The van der Waals surface area contributed by atoms with Crippen LogP contribution in [0.4, 0.5) is 4.79 Å². The highest BCUT2D eigenvalue weighted by molar-refractivity contribution is 6.07. The number of imide groups is 1. The zero-order valence-electron chi connectivity index (χ0n) is 18.2. The number of benzene rings is 2. The van der Waals surface area contributed by atoms with Crippen LogP contribution < -0.4 is 11.1 Å². The summed E-state index contributed by atoms with van der Waals surface area (Å²) in [5.74, 6) is -2.32. The van der Waals surface area contributed by atoms with E-state index in [0.717, 1.165) is 4.90 Å². The highest BCUT2D eigenvalue weighted by atomic mass is 16.4. The molecule has 0 aliphatic carbocycles. The van der Waals surface area contributed by atoms with E-state index >= 15 is 0 Å². The molecule has 0 saturated carbocycles. The van der Waals surface area contributed by atoms with Gasteiger partial charge >= 0.3 is 12.0 Å². The molecule has 1 saturated heterocycles. The Kier molecular flexibility index (Phi) is 6.47. The molecule has 2 aromatic carbocycles. The lowest BCUT2D eigenvalue weighted by molar-refractivity contribution is -0.142. The summed E-state index contributed by atoms with van der Waals surface area (Å²) >= 11 is 0. The number of aliphatic carboxylic acids is 1. The van der Waals surface area contributed by atoms with Gasteiger partial charge in [0.2, 0.25) is 5.91 Å². The van der Waals surface area contributed by atoms with Crippen LogP contribution in [0.5, 0.6) is 0 Å². The van der Waals surface area contributed by atoms with E-state index in [4.69, 9.17) is 11.1 Å². The van der Waals surface area contributed by atoms with E-state index in [9.17, 15) is 24.3 Å². The first-order valence-electron chi connectivity index (χ1n) is 10.2. The van der Waals surface area contributed by atoms with Gasteiger partial charge in [-0.3, -0.25) is 19.8 Å². The fourth-order valence-electron chi connectivity index (χ4n) is 3.82. The lowest BCUT2D eigenvalue weighted by Gasteiger charge is -2.33. The van der Waals surface area contributed by atoms with E-state index in [1.54, 1.807) is 61.5 Å². The maximum absolute atomic E-state index is 13.3. The van der Waals surface area contributed by atoms with Gasteiger partial charge in [0.1, 0.15) is 18.0 Å². The Morgan fingerprint density at radius 3 is 2.27 bits per heavy atom. The van der Waals surface area contributed by atoms with Gasteiger partial charge in [0.05, 0.1) is 12.5 Å². The normalized spacial score (nSPS) is 18.5. The first kappa shape index (κ1) is 23.5. The van der Waals surface area contributed by atoms with Crippen LogP contribution in [0.25, 0.3) is 0 Å². The number of amidine groups is 1. The number of nitrogen functional groups attached to an aromatic ring is 1. The number of nitrogens with one attached hydrogen (secondary N) is 2. The number of nitrogens with two attached hydrogens (primary N) is 1. The molecule has 2 aromatic rings. The summed E-state index contributed by atoms with van der Waals surface area (Å²) in [7, 11) is 0. The predicted molar refractivity (Wildman–Crippen MR) is 119 cm³/mol. The number of hydrogen-bond donors (Lipinski definition) is 4. The predicted octanol–water partition coefficient (Wildman–Crippen LogP) is 1.76. The number of nitrogens with zero attached hydrogens (tertiary/aromatic N) is 2. The molecule has 2 atom stereocenters. The Bertz CT molecular complexity index is 1100. The van der Waals surface area contributed by atoms with Crippen LogP contribution >= 0.6 is 0 Å². The van der Waals surface area contributed by atoms with Crippen molar-refractivity contribution in [2.75, 3.05) is 6.67 Å². The molecule has 172 valence electrons. The Labute approximate surface area is 190 Å². The fourth-order valence-corrected chi connectivity index (χ4v) is 3.82. The molecule has 4 amide bonds. The highest BCUT2D eigenvalue weighted by Crippen LogP contribution is 2.31. The Hall–Kier alpha value is -4.21. The standard InChI is InChI=1S/C23H25N5O5/c1-14(29)27(18(12-19(30)31)15-6-4-3-5-7-15)13-28-21(32)23(2,26-22(28)33)17-10-8-16(9-11-17)20(24)25/h3-11,18H,12-13H2,1-2H3,(H3,24,25)(H,26,33)(H,30,31). The van der Waals surface area contributed by atoms with Crippen LogP contribution in [0.2, 0.25) is 0 Å². The summed E-state index contributed by atoms with van der Waals surface area (Å²) in [4.78, 5) is 52.2. The van der Waals surface area contributed by atoms with Crippen molar-refractivity contribution in [1.29, 1.82) is 5.41 Å². The van der Waals surface area contributed by atoms with Crippen molar-refractivity contribution in [3.05, 3.63) is 71.3 Å². The Morgan fingerprint density at radius 2 is 1.76 bits per heavy atom. The minimum Gasteiger partial charge on any atom is -0.481 e. The molecule has 0 aromatic heterocycles. The molecular formula is C23H25N5O5. The van der Waals surface area contributed by atoms with Crippen LogP contribution in [0.1, 0.15) is 43.0 Å². The average Bonchev–Trinajstić information content (AvgIpc) is 2.99. The lowest BCUT2D eigenvalue weighted by Crippen LogP contribution is -2.47. The summed E-state index contributed by atoms with van der Waals surface area (Å²) in [6.07, 6.45) is -0.392. The molecule has 33 heavy (non-hydrogen) atoms. The lowest BCUT2D eigenvalue weighted by atomic mass is 9.91. The van der Waals surface area contributed by atoms with Gasteiger partial charge in [-0.05, 0) is 18.1 Å². The molecule has 5 N–H and O–H groups in total. The van der Waals surface area contributed by atoms with Crippen molar-refractivity contribution in [2.24, 2.45) is 5.73 Å². The Balaban J connectivity index is 1.91. The van der Waals surface area contributed by atoms with Crippen LogP contribution in [0.15, 0.2) is 54.6 Å². The third-order valence-electron chi connectivity index (χ3n) is 5.68. The SMILES string of the molecule is CC(=O)N(CN1C(=O)NC(C)(c2ccc(C(=N)N)cc2)C1=O)C(CC(=O)O)c1ccccc1. The second-order valence-electron chi connectivity index (χ2n) is 7.93. The fraction of sp³-hybridized carbons (Fsp3) is 0.261. The van der Waals surface area contributed by atoms with Crippen molar-refractivity contribution in [3.63, 3.8) is 0 Å². The zero-order chi connectivity index (χ0) is 24.3. The summed E-state index contributed by atoms with van der Waals surface area (Å²) in [6.45, 7) is 2.39. The van der Waals surface area contributed by atoms with Gasteiger partial charge in [0.15, 0.2) is 0 Å². The summed E-state index contributed by atoms with van der Waals surface area (Å²) in [6, 6.07) is 13.4. The van der Waals surface area contributed by atoms with Crippen molar-refractivity contribution < 1.29 is 24.3 Å². The van der Waals surface area contributed by atoms with E-state index in [1.165, 1.54) is 11.8 Å². The maximum Gasteiger partial charge on any atom is 0.326 e. The zero-order valence-corrected chi connectivity index (χ0v) is 18.2. The van der Waals surface area contributed by atoms with E-state index in [2.05, 4.69) is 5.32 Å². The van der Waals surface area contributed by atoms with Gasteiger partial charge in [-0.2, -0.15) is 0 Å². The van der Waals surface area contributed by atoms with Crippen molar-refractivity contribution in [2.45, 2.75) is 31.8 Å². The molecule has 0 bridgehead atoms. The molecule has 3 rings (SSSR count). The summed E-state index contributed by atoms with van der Waals surface area (Å²) in [5.41, 5.74) is 5.60. The highest BCUT2D eigenvalue weighted by Gasteiger charge is 2.50. The molecule has 1 aliphatic rings. The van der Waals surface area contributed by atoms with Crippen molar-refractivity contribution in [1.82, 2.24) is 15.1 Å². The van der Waals surface area contributed by atoms with Crippen LogP contribution in [0.3, 0.4) is 0 Å². The number of carbonyl (C=O) groups is 4. The van der Waals surface area contributed by atoms with Crippen LogP contribution in [-0.4, -0.2) is 51.2 Å². The number of urea groups is 1. The van der Waals surface area contributed by atoms with Crippen LogP contribution in [0, 0.1) is 5.41 Å². The molecule has 10 nitrogen and oxygen atoms in total. The number of carboxylic acid groups (broad SMARTS) is 1. The number of hydrogen-bond acceptors (Lipinski definition) is 5. The van der Waals surface area contributed by atoms with Gasteiger partial charge in [-0.15, -0.1) is 0 Å². The third-order valence-corrected chi connectivity index (χ3v) is 5.68. The largest absolute Gasteiger partial charge is 0.481 e. The minimum absolute atomic E-state index is 0.127. The summed E-state index contributed by atoms with van der Waals surface area (Å²) in [5, 5.41) is 19.6. The average molecular weight is 451 g/mol. The molecule has 1 aliphatic heterocycles. The smallest absolute Gasteiger partial charge is 0.326 e. The third kappa shape index (κ3) is 4.69. The second kappa shape index (κ2) is 9.11. The quantitative estimate of drug-likeness (QED) is 0.272. The van der Waals surface area contributed by atoms with Crippen molar-refractivity contribution >= 4 is 29.7 Å². The van der Waals surface area contributed by atoms with E-state index < -0.39 is 48.5 Å². The molecule has 0 radical (unpaired) electrons. The number of rotatable bonds is 8. The number of carbonyl (C=O) groups excluding carboxylic acids is 3. The molecule has 1 fully saturated rings. The first-order valence-corrected chi connectivity index (χ1v) is 10.2. The molecule has 1 heterocycles. The van der Waals surface area contributed by atoms with Gasteiger partial charge < -0.3 is 21.1 Å². The number of carboxylic acids is 1. The van der Waals surface area contributed by atoms with Gasteiger partial charge in [-0.1, -0.05) is 54.6 Å². The van der Waals surface area contributed by atoms with Gasteiger partial charge in [0, 0.05) is 12.5 Å². The number of amides is 4. The molecule has 0 spiro atoms. The van der Waals surface area contributed by atoms with Gasteiger partial charge in [0.25, 0.3) is 5.91 Å². The first-order chi connectivity index (χ1) is 15.5. The second-order valence-corrected chi connectivity index (χ2v) is 7.93. The Morgan fingerprint density at radius 1 is 1.15 bits per heavy atom. The van der Waals surface area contributed by atoms with E-state index in [1.807, 2.05) is 0 Å². The topological polar surface area (TPSA) is 157 Å². The van der Waals surface area contributed by atoms with Crippen molar-refractivity contribution in [3.8, 4) is 0 Å². The van der Waals surface area contributed by atoms with Crippen LogP contribution in [-0.2, 0) is 19.9 Å². The van der Waals surface area contributed by atoms with Gasteiger partial charge in [-0.25, -0.2) is 9.69 Å². The monoisotopic (exact) mass is 451 g/mol. The summed E-state index contributed by atoms with van der Waals surface area (Å²) < 4.78 is 0. The minimum atomic E-state index is -1.40. The molecular weight excluding hydrogens is 426 g/mol. The maximum atomic E-state index is 13.3. The van der Waals surface area contributed by atoms with E-state index in [0.29, 0.717) is 16.7 Å². The van der Waals surface area contributed by atoms with E-state index in [-0.39, 0.29) is 5.84 Å². The molecule has 2 unspecified atom stereocenters.